The number of nitro benzene ring substituents is 1. The summed E-state index contributed by atoms with van der Waals surface area (Å²) in [5.41, 5.74) is -0.383. The first-order chi connectivity index (χ1) is 10.0. The minimum Gasteiger partial charge on any atom is -0.326 e. The summed E-state index contributed by atoms with van der Waals surface area (Å²) in [6, 6.07) is 3.34. The summed E-state index contributed by atoms with van der Waals surface area (Å²) in [4.78, 5) is 21.5. The molecule has 0 atom stereocenters. The third-order valence-corrected chi connectivity index (χ3v) is 3.18. The normalized spacial score (nSPS) is 10.4. The zero-order chi connectivity index (χ0) is 15.7. The van der Waals surface area contributed by atoms with Crippen molar-refractivity contribution in [1.82, 2.24) is 0 Å². The molecule has 0 bridgehead atoms. The molecule has 21 heavy (non-hydrogen) atoms. The molecule has 1 aromatic rings. The second-order valence-corrected chi connectivity index (χ2v) is 4.99. The highest BCUT2D eigenvalue weighted by Gasteiger charge is 2.15. The number of halogens is 1. The van der Waals surface area contributed by atoms with E-state index >= 15 is 0 Å². The fourth-order valence-corrected chi connectivity index (χ4v) is 2.02. The lowest BCUT2D eigenvalue weighted by Crippen LogP contribution is -2.11. The van der Waals surface area contributed by atoms with Crippen LogP contribution in [0, 0.1) is 15.9 Å². The monoisotopic (exact) mass is 296 g/mol. The van der Waals surface area contributed by atoms with E-state index in [9.17, 15) is 19.3 Å². The molecule has 0 aliphatic rings. The Bertz CT molecular complexity index is 492. The number of carbonyl (C=O) groups excluding carboxylic acids is 1. The first kappa shape index (κ1) is 17.1. The third-order valence-electron chi connectivity index (χ3n) is 3.18. The number of nitrogens with one attached hydrogen (secondary N) is 1. The second-order valence-electron chi connectivity index (χ2n) is 4.99. The van der Waals surface area contributed by atoms with Crippen molar-refractivity contribution in [2.75, 3.05) is 5.32 Å². The van der Waals surface area contributed by atoms with Crippen LogP contribution < -0.4 is 5.32 Å². The van der Waals surface area contributed by atoms with Crippen LogP contribution in [0.15, 0.2) is 18.2 Å². The van der Waals surface area contributed by atoms with Gasteiger partial charge in [0.15, 0.2) is 0 Å². The van der Waals surface area contributed by atoms with Crippen LogP contribution in [0.1, 0.15) is 51.9 Å². The van der Waals surface area contributed by atoms with Crippen LogP contribution in [0.3, 0.4) is 0 Å². The van der Waals surface area contributed by atoms with Gasteiger partial charge in [-0.05, 0) is 18.6 Å². The number of hydrogen-bond acceptors (Lipinski definition) is 3. The van der Waals surface area contributed by atoms with E-state index in [2.05, 4.69) is 12.2 Å². The number of anilines is 1. The number of benzene rings is 1. The molecule has 1 amide bonds. The lowest BCUT2D eigenvalue weighted by molar-refractivity contribution is -0.387. The van der Waals surface area contributed by atoms with Crippen molar-refractivity contribution in [1.29, 1.82) is 0 Å². The molecule has 0 saturated heterocycles. The quantitative estimate of drug-likeness (QED) is 0.416. The number of carbonyl (C=O) groups is 1. The Labute approximate surface area is 123 Å². The molecular formula is C15H21FN2O3. The summed E-state index contributed by atoms with van der Waals surface area (Å²) in [6.07, 6.45) is 6.85. The van der Waals surface area contributed by atoms with E-state index in [1.807, 2.05) is 0 Å². The van der Waals surface area contributed by atoms with Crippen molar-refractivity contribution in [3.63, 3.8) is 0 Å². The number of nitrogens with zero attached hydrogens (tertiary/aromatic N) is 1. The maximum Gasteiger partial charge on any atom is 0.306 e. The minimum absolute atomic E-state index is 0.202. The lowest BCUT2D eigenvalue weighted by atomic mass is 10.1. The Balaban J connectivity index is 2.38. The van der Waals surface area contributed by atoms with Gasteiger partial charge in [-0.1, -0.05) is 39.0 Å². The molecule has 0 radical (unpaired) electrons. The molecule has 0 saturated carbocycles. The van der Waals surface area contributed by atoms with Crippen molar-refractivity contribution >= 4 is 17.3 Å². The van der Waals surface area contributed by atoms with Gasteiger partial charge in [-0.3, -0.25) is 14.9 Å². The Morgan fingerprint density at radius 2 is 1.90 bits per heavy atom. The molecule has 5 nitrogen and oxygen atoms in total. The molecular weight excluding hydrogens is 275 g/mol. The van der Waals surface area contributed by atoms with E-state index in [0.717, 1.165) is 31.4 Å². The summed E-state index contributed by atoms with van der Waals surface area (Å²) in [5.74, 6) is -1.11. The Kier molecular flexibility index (Phi) is 7.36. The molecule has 116 valence electrons. The average Bonchev–Trinajstić information content (AvgIpc) is 2.44. The van der Waals surface area contributed by atoms with Gasteiger partial charge in [0.1, 0.15) is 0 Å². The van der Waals surface area contributed by atoms with E-state index in [1.165, 1.54) is 25.3 Å². The van der Waals surface area contributed by atoms with Gasteiger partial charge >= 0.3 is 5.69 Å². The molecule has 0 fully saturated rings. The molecule has 1 rings (SSSR count). The molecule has 1 N–H and O–H groups in total. The van der Waals surface area contributed by atoms with E-state index in [4.69, 9.17) is 0 Å². The zero-order valence-electron chi connectivity index (χ0n) is 12.2. The molecule has 0 spiro atoms. The predicted molar refractivity (Wildman–Crippen MR) is 79.7 cm³/mol. The van der Waals surface area contributed by atoms with E-state index < -0.39 is 16.4 Å². The van der Waals surface area contributed by atoms with Crippen LogP contribution in [0.2, 0.25) is 0 Å². The van der Waals surface area contributed by atoms with E-state index in [-0.39, 0.29) is 11.6 Å². The zero-order valence-corrected chi connectivity index (χ0v) is 12.2. The van der Waals surface area contributed by atoms with Gasteiger partial charge in [-0.15, -0.1) is 0 Å². The third kappa shape index (κ3) is 6.33. The van der Waals surface area contributed by atoms with Crippen LogP contribution >= 0.6 is 0 Å². The summed E-state index contributed by atoms with van der Waals surface area (Å²) < 4.78 is 13.2. The predicted octanol–water partition coefficient (Wildman–Crippen LogP) is 4.42. The van der Waals surface area contributed by atoms with E-state index in [0.29, 0.717) is 6.42 Å². The average molecular weight is 296 g/mol. The van der Waals surface area contributed by atoms with Crippen LogP contribution in [-0.4, -0.2) is 10.8 Å². The fourth-order valence-electron chi connectivity index (χ4n) is 2.02. The number of hydrogen-bond donors (Lipinski definition) is 1. The molecule has 1 aromatic carbocycles. The number of nitro groups is 1. The van der Waals surface area contributed by atoms with Gasteiger partial charge in [0.25, 0.3) is 0 Å². The van der Waals surface area contributed by atoms with Crippen LogP contribution in [0.4, 0.5) is 15.8 Å². The van der Waals surface area contributed by atoms with Crippen LogP contribution in [0.25, 0.3) is 0 Å². The second kappa shape index (κ2) is 9.05. The van der Waals surface area contributed by atoms with Crippen LogP contribution in [0.5, 0.6) is 0 Å². The molecule has 0 heterocycles. The van der Waals surface area contributed by atoms with E-state index in [1.54, 1.807) is 0 Å². The van der Waals surface area contributed by atoms with Gasteiger partial charge in [0, 0.05) is 18.2 Å². The standard InChI is InChI=1S/C15H21FN2O3/c1-2-3-4-5-6-7-8-15(19)17-12-9-10-13(16)14(11-12)18(20)21/h9-11H,2-8H2,1H3,(H,17,19). The molecule has 0 aromatic heterocycles. The highest BCUT2D eigenvalue weighted by atomic mass is 19.1. The number of unbranched alkanes of at least 4 members (excludes halogenated alkanes) is 5. The van der Waals surface area contributed by atoms with Crippen molar-refractivity contribution in [2.45, 2.75) is 51.9 Å². The first-order valence-electron chi connectivity index (χ1n) is 7.28. The maximum atomic E-state index is 13.2. The minimum atomic E-state index is -0.908. The van der Waals surface area contributed by atoms with Gasteiger partial charge in [0.2, 0.25) is 11.7 Å². The summed E-state index contributed by atoms with van der Waals surface area (Å²) in [7, 11) is 0. The van der Waals surface area contributed by atoms with Crippen LogP contribution in [-0.2, 0) is 4.79 Å². The fraction of sp³-hybridized carbons (Fsp3) is 0.533. The van der Waals surface area contributed by atoms with Crippen molar-refractivity contribution in [3.05, 3.63) is 34.1 Å². The maximum absolute atomic E-state index is 13.2. The van der Waals surface area contributed by atoms with Gasteiger partial charge < -0.3 is 5.32 Å². The highest BCUT2D eigenvalue weighted by Crippen LogP contribution is 2.21. The Hall–Kier alpha value is -1.98. The molecule has 0 unspecified atom stereocenters. The Morgan fingerprint density at radius 3 is 2.57 bits per heavy atom. The highest BCUT2D eigenvalue weighted by molar-refractivity contribution is 5.90. The molecule has 0 aliphatic carbocycles. The largest absolute Gasteiger partial charge is 0.326 e. The summed E-state index contributed by atoms with van der Waals surface area (Å²) >= 11 is 0. The van der Waals surface area contributed by atoms with Gasteiger partial charge in [0.05, 0.1) is 4.92 Å². The first-order valence-corrected chi connectivity index (χ1v) is 7.28. The van der Waals surface area contributed by atoms with Gasteiger partial charge in [-0.25, -0.2) is 0 Å². The molecule has 0 aliphatic heterocycles. The smallest absolute Gasteiger partial charge is 0.306 e. The number of rotatable bonds is 9. The SMILES string of the molecule is CCCCCCCCC(=O)Nc1ccc(F)c([N+](=O)[O-])c1. The topological polar surface area (TPSA) is 72.2 Å². The summed E-state index contributed by atoms with van der Waals surface area (Å²) in [6.45, 7) is 2.15. The van der Waals surface area contributed by atoms with Crippen molar-refractivity contribution in [3.8, 4) is 0 Å². The van der Waals surface area contributed by atoms with Gasteiger partial charge in [-0.2, -0.15) is 4.39 Å². The number of amides is 1. The Morgan fingerprint density at radius 1 is 1.24 bits per heavy atom. The lowest BCUT2D eigenvalue weighted by Gasteiger charge is -2.05. The van der Waals surface area contributed by atoms with Crippen molar-refractivity contribution < 1.29 is 14.1 Å². The molecule has 6 heteroatoms. The summed E-state index contributed by atoms with van der Waals surface area (Å²) in [5, 5.41) is 13.2. The van der Waals surface area contributed by atoms with Crippen molar-refractivity contribution in [2.24, 2.45) is 0 Å².